The van der Waals surface area contributed by atoms with Crippen molar-refractivity contribution in [3.63, 3.8) is 0 Å². The molecule has 0 radical (unpaired) electrons. The fourth-order valence-electron chi connectivity index (χ4n) is 2.48. The third-order valence-corrected chi connectivity index (χ3v) is 4.57. The second kappa shape index (κ2) is 6.52. The Balaban J connectivity index is 2.27. The second-order valence-electron chi connectivity index (χ2n) is 5.39. The van der Waals surface area contributed by atoms with Crippen LogP contribution >= 0.6 is 23.2 Å². The maximum Gasteiger partial charge on any atom is 0.142 e. The van der Waals surface area contributed by atoms with Gasteiger partial charge in [0.05, 0.1) is 15.7 Å². The van der Waals surface area contributed by atoms with Crippen LogP contribution in [0.15, 0.2) is 48.5 Å². The monoisotopic (exact) mass is 353 g/mol. The molecule has 3 aromatic rings. The second-order valence-corrected chi connectivity index (χ2v) is 6.18. The summed E-state index contributed by atoms with van der Waals surface area (Å²) >= 11 is 12.4. The summed E-state index contributed by atoms with van der Waals surface area (Å²) in [7, 11) is 0. The molecule has 24 heavy (non-hydrogen) atoms. The lowest BCUT2D eigenvalue weighted by atomic mass is 9.98. The molecule has 2 N–H and O–H groups in total. The van der Waals surface area contributed by atoms with E-state index in [4.69, 9.17) is 28.9 Å². The fraction of sp³-hybridized carbons (Fsp3) is 0.0526. The van der Waals surface area contributed by atoms with E-state index in [0.717, 1.165) is 11.1 Å². The first kappa shape index (κ1) is 16.3. The number of hydrogen-bond donors (Lipinski definition) is 1. The van der Waals surface area contributed by atoms with E-state index >= 15 is 0 Å². The maximum atomic E-state index is 9.47. The lowest BCUT2D eigenvalue weighted by Crippen LogP contribution is -2.00. The van der Waals surface area contributed by atoms with Gasteiger partial charge in [0.15, 0.2) is 0 Å². The molecule has 2 aromatic carbocycles. The van der Waals surface area contributed by atoms with Crippen LogP contribution in [0.1, 0.15) is 11.1 Å². The Hall–Kier alpha value is -2.54. The molecule has 0 saturated carbocycles. The van der Waals surface area contributed by atoms with Gasteiger partial charge < -0.3 is 5.73 Å². The summed E-state index contributed by atoms with van der Waals surface area (Å²) in [6, 6.07) is 17.1. The summed E-state index contributed by atoms with van der Waals surface area (Å²) in [5.41, 5.74) is 10.3. The first-order chi connectivity index (χ1) is 11.5. The van der Waals surface area contributed by atoms with Crippen LogP contribution in [0, 0.1) is 18.3 Å². The predicted octanol–water partition coefficient (Wildman–Crippen LogP) is 5.48. The smallest absolute Gasteiger partial charge is 0.142 e. The van der Waals surface area contributed by atoms with Crippen LogP contribution in [-0.2, 0) is 0 Å². The number of benzene rings is 2. The summed E-state index contributed by atoms with van der Waals surface area (Å²) in [6.07, 6.45) is 0. The lowest BCUT2D eigenvalue weighted by molar-refractivity contribution is 1.30. The zero-order chi connectivity index (χ0) is 17.3. The quantitative estimate of drug-likeness (QED) is 0.662. The molecule has 3 rings (SSSR count). The molecule has 0 aliphatic carbocycles. The highest BCUT2D eigenvalue weighted by Gasteiger charge is 2.16. The van der Waals surface area contributed by atoms with Crippen molar-refractivity contribution in [2.45, 2.75) is 6.92 Å². The average molecular weight is 354 g/mol. The highest BCUT2D eigenvalue weighted by Crippen LogP contribution is 2.38. The molecule has 1 aromatic heterocycles. The number of anilines is 1. The van der Waals surface area contributed by atoms with Gasteiger partial charge in [-0.2, -0.15) is 5.26 Å². The first-order valence-corrected chi connectivity index (χ1v) is 7.99. The van der Waals surface area contributed by atoms with Crippen LogP contribution in [0.2, 0.25) is 10.0 Å². The van der Waals surface area contributed by atoms with Gasteiger partial charge in [0, 0.05) is 16.7 Å². The van der Waals surface area contributed by atoms with Crippen LogP contribution in [0.5, 0.6) is 0 Å². The van der Waals surface area contributed by atoms with Gasteiger partial charge in [-0.25, -0.2) is 4.98 Å². The number of rotatable bonds is 2. The standard InChI is InChI=1S/C19H13Cl2N3/c1-11-5-7-12(8-6-11)17-9-14(15(10-22)19(23)24-17)13-3-2-4-16(20)18(13)21/h2-9H,1H3,(H2,23,24). The number of pyridine rings is 1. The largest absolute Gasteiger partial charge is 0.383 e. The molecule has 0 fully saturated rings. The van der Waals surface area contributed by atoms with Gasteiger partial charge in [0.25, 0.3) is 0 Å². The lowest BCUT2D eigenvalue weighted by Gasteiger charge is -2.12. The molecule has 5 heteroatoms. The number of nitrogen functional groups attached to an aromatic ring is 1. The van der Waals surface area contributed by atoms with Crippen LogP contribution < -0.4 is 5.73 Å². The molecule has 0 atom stereocenters. The van der Waals surface area contributed by atoms with Gasteiger partial charge in [0.1, 0.15) is 17.5 Å². The van der Waals surface area contributed by atoms with E-state index in [0.29, 0.717) is 26.9 Å². The maximum absolute atomic E-state index is 9.47. The third kappa shape index (κ3) is 2.94. The van der Waals surface area contributed by atoms with E-state index in [1.54, 1.807) is 12.1 Å². The number of hydrogen-bond acceptors (Lipinski definition) is 3. The zero-order valence-electron chi connectivity index (χ0n) is 12.8. The minimum Gasteiger partial charge on any atom is -0.383 e. The number of nitrogens with zero attached hydrogens (tertiary/aromatic N) is 2. The number of aryl methyl sites for hydroxylation is 1. The topological polar surface area (TPSA) is 62.7 Å². The minimum atomic E-state index is 0.168. The van der Waals surface area contributed by atoms with E-state index in [2.05, 4.69) is 11.1 Å². The summed E-state index contributed by atoms with van der Waals surface area (Å²) in [5, 5.41) is 10.3. The normalized spacial score (nSPS) is 10.4. The van der Waals surface area contributed by atoms with Gasteiger partial charge in [-0.05, 0) is 19.1 Å². The van der Waals surface area contributed by atoms with Crippen molar-refractivity contribution >= 4 is 29.0 Å². The van der Waals surface area contributed by atoms with E-state index in [1.165, 1.54) is 0 Å². The minimum absolute atomic E-state index is 0.168. The molecular formula is C19H13Cl2N3. The highest BCUT2D eigenvalue weighted by molar-refractivity contribution is 6.43. The van der Waals surface area contributed by atoms with Crippen molar-refractivity contribution in [2.24, 2.45) is 0 Å². The predicted molar refractivity (Wildman–Crippen MR) is 99.0 cm³/mol. The first-order valence-electron chi connectivity index (χ1n) is 7.23. The fourth-order valence-corrected chi connectivity index (χ4v) is 2.88. The SMILES string of the molecule is Cc1ccc(-c2cc(-c3cccc(Cl)c3Cl)c(C#N)c(N)n2)cc1. The van der Waals surface area contributed by atoms with Gasteiger partial charge in [-0.1, -0.05) is 65.2 Å². The van der Waals surface area contributed by atoms with Crippen molar-refractivity contribution in [1.82, 2.24) is 4.98 Å². The van der Waals surface area contributed by atoms with Crippen molar-refractivity contribution in [3.8, 4) is 28.5 Å². The van der Waals surface area contributed by atoms with Crippen molar-refractivity contribution in [2.75, 3.05) is 5.73 Å². The molecule has 1 heterocycles. The molecule has 0 aliphatic rings. The Bertz CT molecular complexity index is 958. The van der Waals surface area contributed by atoms with Gasteiger partial charge in [-0.15, -0.1) is 0 Å². The molecule has 0 amide bonds. The summed E-state index contributed by atoms with van der Waals surface area (Å²) in [5.74, 6) is 0.168. The van der Waals surface area contributed by atoms with E-state index in [-0.39, 0.29) is 11.4 Å². The third-order valence-electron chi connectivity index (χ3n) is 3.75. The molecule has 0 unspecified atom stereocenters. The molecule has 0 spiro atoms. The summed E-state index contributed by atoms with van der Waals surface area (Å²) < 4.78 is 0. The summed E-state index contributed by atoms with van der Waals surface area (Å²) in [6.45, 7) is 2.02. The zero-order valence-corrected chi connectivity index (χ0v) is 14.4. The van der Waals surface area contributed by atoms with E-state index < -0.39 is 0 Å². The molecule has 3 nitrogen and oxygen atoms in total. The van der Waals surface area contributed by atoms with Crippen LogP contribution in [0.25, 0.3) is 22.4 Å². The molecule has 0 bridgehead atoms. The van der Waals surface area contributed by atoms with Crippen molar-refractivity contribution in [1.29, 1.82) is 5.26 Å². The van der Waals surface area contributed by atoms with Crippen LogP contribution in [-0.4, -0.2) is 4.98 Å². The Morgan fingerprint density at radius 3 is 2.42 bits per heavy atom. The molecule has 0 saturated heterocycles. The molecule has 0 aliphatic heterocycles. The Morgan fingerprint density at radius 1 is 1.04 bits per heavy atom. The number of aromatic nitrogens is 1. The highest BCUT2D eigenvalue weighted by atomic mass is 35.5. The van der Waals surface area contributed by atoms with E-state index in [9.17, 15) is 5.26 Å². The van der Waals surface area contributed by atoms with Crippen molar-refractivity contribution in [3.05, 3.63) is 69.7 Å². The number of nitrogens with two attached hydrogens (primary N) is 1. The summed E-state index contributed by atoms with van der Waals surface area (Å²) in [4.78, 5) is 4.36. The molecule has 118 valence electrons. The Kier molecular flexibility index (Phi) is 4.44. The van der Waals surface area contributed by atoms with E-state index in [1.807, 2.05) is 43.3 Å². The number of nitriles is 1. The Labute approximate surface area is 150 Å². The van der Waals surface area contributed by atoms with Crippen molar-refractivity contribution < 1.29 is 0 Å². The van der Waals surface area contributed by atoms with Crippen LogP contribution in [0.4, 0.5) is 5.82 Å². The Morgan fingerprint density at radius 2 is 1.75 bits per heavy atom. The number of halogens is 2. The molecular weight excluding hydrogens is 341 g/mol. The van der Waals surface area contributed by atoms with Gasteiger partial charge >= 0.3 is 0 Å². The average Bonchev–Trinajstić information content (AvgIpc) is 2.57. The van der Waals surface area contributed by atoms with Gasteiger partial charge in [0.2, 0.25) is 0 Å². The van der Waals surface area contributed by atoms with Gasteiger partial charge in [-0.3, -0.25) is 0 Å². The van der Waals surface area contributed by atoms with Crippen LogP contribution in [0.3, 0.4) is 0 Å².